The number of amides is 2. The second-order valence-corrected chi connectivity index (χ2v) is 8.11. The number of benzene rings is 2. The molecule has 1 aliphatic heterocycles. The minimum atomic E-state index is -1.01. The van der Waals surface area contributed by atoms with Crippen LogP contribution in [-0.4, -0.2) is 52.5 Å². The number of hydrogen-bond donors (Lipinski definition) is 1. The molecule has 0 aliphatic carbocycles. The third kappa shape index (κ3) is 3.95. The number of carbonyl (C=O) groups is 3. The Balaban J connectivity index is 1.42. The van der Waals surface area contributed by atoms with Gasteiger partial charge in [-0.2, -0.15) is 0 Å². The second-order valence-electron chi connectivity index (χ2n) is 8.11. The first kappa shape index (κ1) is 21.5. The number of anilines is 1. The molecule has 2 aromatic carbocycles. The summed E-state index contributed by atoms with van der Waals surface area (Å²) in [5.74, 6) is -1.57. The number of rotatable bonds is 4. The predicted molar refractivity (Wildman–Crippen MR) is 119 cm³/mol. The van der Waals surface area contributed by atoms with Crippen molar-refractivity contribution in [2.45, 2.75) is 12.8 Å². The minimum absolute atomic E-state index is 0.00613. The van der Waals surface area contributed by atoms with E-state index in [9.17, 15) is 23.9 Å². The fraction of sp³-hybridized carbons (Fsp3) is 0.292. The smallest absolute Gasteiger partial charge is 0.352 e. The number of piperidine rings is 1. The number of ketones is 1. The van der Waals surface area contributed by atoms with Gasteiger partial charge in [0.05, 0.1) is 0 Å². The monoisotopic (exact) mass is 437 g/mol. The Kier molecular flexibility index (Phi) is 5.69. The molecule has 1 N–H and O–H groups in total. The number of Topliss-reactive ketones (excluding diaryl/α,β-unsaturated/α-hetero) is 1. The zero-order valence-corrected chi connectivity index (χ0v) is 17.9. The Morgan fingerprint density at radius 2 is 1.69 bits per heavy atom. The zero-order valence-electron chi connectivity index (χ0n) is 17.9. The maximum atomic E-state index is 13.1. The second kappa shape index (κ2) is 8.45. The molecule has 1 aromatic heterocycles. The van der Waals surface area contributed by atoms with Crippen molar-refractivity contribution < 1.29 is 23.9 Å². The van der Waals surface area contributed by atoms with Gasteiger partial charge in [-0.15, -0.1) is 0 Å². The molecule has 4 rings (SSSR count). The van der Waals surface area contributed by atoms with Crippen LogP contribution in [0.2, 0.25) is 0 Å². The highest BCUT2D eigenvalue weighted by molar-refractivity contribution is 6.02. The average molecular weight is 437 g/mol. The van der Waals surface area contributed by atoms with E-state index in [4.69, 9.17) is 0 Å². The summed E-state index contributed by atoms with van der Waals surface area (Å²) in [6.45, 7) is 0.912. The quantitative estimate of drug-likeness (QED) is 0.621. The molecule has 1 fully saturated rings. The Labute approximate surface area is 184 Å². The van der Waals surface area contributed by atoms with Crippen LogP contribution in [0.5, 0.6) is 0 Å². The molecule has 166 valence electrons. The minimum Gasteiger partial charge on any atom is -0.477 e. The number of aromatic nitrogens is 1. The Morgan fingerprint density at radius 3 is 2.31 bits per heavy atom. The van der Waals surface area contributed by atoms with Gasteiger partial charge in [0, 0.05) is 55.3 Å². The number of carboxylic acid groups (broad SMARTS) is 1. The van der Waals surface area contributed by atoms with E-state index >= 15 is 0 Å². The molecule has 0 spiro atoms. The van der Waals surface area contributed by atoms with Crippen LogP contribution in [0.4, 0.5) is 14.9 Å². The number of carbonyl (C=O) groups excluding carboxylic acids is 2. The molecule has 2 heterocycles. The molecule has 32 heavy (non-hydrogen) atoms. The predicted octanol–water partition coefficient (Wildman–Crippen LogP) is 4.17. The van der Waals surface area contributed by atoms with Crippen LogP contribution in [0.15, 0.2) is 48.5 Å². The maximum Gasteiger partial charge on any atom is 0.352 e. The number of likely N-dealkylation sites (tertiary alicyclic amines) is 1. The first-order valence-corrected chi connectivity index (χ1v) is 10.4. The molecule has 0 unspecified atom stereocenters. The molecule has 0 atom stereocenters. The van der Waals surface area contributed by atoms with Gasteiger partial charge in [0.15, 0.2) is 5.78 Å². The lowest BCUT2D eigenvalue weighted by Gasteiger charge is -2.34. The van der Waals surface area contributed by atoms with Gasteiger partial charge >= 0.3 is 12.0 Å². The third-order valence-electron chi connectivity index (χ3n) is 6.18. The van der Waals surface area contributed by atoms with Crippen LogP contribution in [0.1, 0.15) is 33.7 Å². The summed E-state index contributed by atoms with van der Waals surface area (Å²) in [5.41, 5.74) is 2.07. The van der Waals surface area contributed by atoms with E-state index in [2.05, 4.69) is 0 Å². The highest BCUT2D eigenvalue weighted by Crippen LogP contribution is 2.26. The van der Waals surface area contributed by atoms with E-state index in [1.165, 1.54) is 17.0 Å². The number of urea groups is 1. The van der Waals surface area contributed by atoms with Crippen molar-refractivity contribution in [1.29, 1.82) is 0 Å². The van der Waals surface area contributed by atoms with Crippen LogP contribution in [0, 0.1) is 11.7 Å². The van der Waals surface area contributed by atoms with E-state index in [1.807, 2.05) is 0 Å². The van der Waals surface area contributed by atoms with Gasteiger partial charge in [-0.05, 0) is 61.4 Å². The van der Waals surface area contributed by atoms with E-state index in [0.29, 0.717) is 42.6 Å². The number of hydrogen-bond acceptors (Lipinski definition) is 3. The maximum absolute atomic E-state index is 13.1. The third-order valence-corrected chi connectivity index (χ3v) is 6.18. The molecule has 7 nitrogen and oxygen atoms in total. The van der Waals surface area contributed by atoms with Crippen molar-refractivity contribution in [1.82, 2.24) is 9.47 Å². The van der Waals surface area contributed by atoms with Crippen LogP contribution >= 0.6 is 0 Å². The van der Waals surface area contributed by atoms with Gasteiger partial charge in [-0.1, -0.05) is 0 Å². The summed E-state index contributed by atoms with van der Waals surface area (Å²) in [6.07, 6.45) is 1.10. The highest BCUT2D eigenvalue weighted by atomic mass is 19.1. The Hall–Kier alpha value is -3.68. The summed E-state index contributed by atoms with van der Waals surface area (Å²) in [4.78, 5) is 40.4. The first-order chi connectivity index (χ1) is 15.3. The van der Waals surface area contributed by atoms with Crippen LogP contribution < -0.4 is 4.90 Å². The van der Waals surface area contributed by atoms with E-state index in [-0.39, 0.29) is 29.2 Å². The lowest BCUT2D eigenvalue weighted by molar-refractivity contribution is 0.0686. The molecule has 1 saturated heterocycles. The van der Waals surface area contributed by atoms with Crippen molar-refractivity contribution in [3.63, 3.8) is 0 Å². The Bertz CT molecular complexity index is 1190. The molecular formula is C24H24FN3O4. The number of fused-ring (bicyclic) bond motifs is 1. The molecule has 0 saturated carbocycles. The van der Waals surface area contributed by atoms with Gasteiger partial charge in [0.2, 0.25) is 0 Å². The van der Waals surface area contributed by atoms with E-state index in [1.54, 1.807) is 60.0 Å². The summed E-state index contributed by atoms with van der Waals surface area (Å²) >= 11 is 0. The molecule has 0 bridgehead atoms. The number of nitrogens with zero attached hydrogens (tertiary/aromatic N) is 3. The highest BCUT2D eigenvalue weighted by Gasteiger charge is 2.30. The Morgan fingerprint density at radius 1 is 1.03 bits per heavy atom. The molecular weight excluding hydrogens is 413 g/mol. The summed E-state index contributed by atoms with van der Waals surface area (Å²) in [6, 6.07) is 12.4. The normalized spacial score (nSPS) is 14.5. The van der Waals surface area contributed by atoms with Crippen molar-refractivity contribution >= 4 is 34.4 Å². The fourth-order valence-corrected chi connectivity index (χ4v) is 4.26. The molecule has 3 aromatic rings. The number of carboxylic acids is 1. The van der Waals surface area contributed by atoms with E-state index < -0.39 is 5.97 Å². The largest absolute Gasteiger partial charge is 0.477 e. The van der Waals surface area contributed by atoms with Crippen molar-refractivity contribution in [3.8, 4) is 0 Å². The van der Waals surface area contributed by atoms with Gasteiger partial charge < -0.3 is 14.6 Å². The van der Waals surface area contributed by atoms with Crippen molar-refractivity contribution in [3.05, 3.63) is 65.6 Å². The lowest BCUT2D eigenvalue weighted by Crippen LogP contribution is -2.46. The SMILES string of the molecule is CN(C(=O)N1CCC(C(=O)c2ccc3c(c2)cc(C(=O)O)n3C)CC1)c1ccc(F)cc1. The van der Waals surface area contributed by atoms with Crippen molar-refractivity contribution in [2.24, 2.45) is 13.0 Å². The van der Waals surface area contributed by atoms with Gasteiger partial charge in [-0.25, -0.2) is 14.0 Å². The van der Waals surface area contributed by atoms with E-state index in [0.717, 1.165) is 5.52 Å². The van der Waals surface area contributed by atoms with Gasteiger partial charge in [-0.3, -0.25) is 9.69 Å². The molecule has 0 radical (unpaired) electrons. The topological polar surface area (TPSA) is 82.8 Å². The van der Waals surface area contributed by atoms with Crippen LogP contribution in [0.25, 0.3) is 10.9 Å². The summed E-state index contributed by atoms with van der Waals surface area (Å²) < 4.78 is 14.7. The number of aryl methyl sites for hydroxylation is 1. The summed E-state index contributed by atoms with van der Waals surface area (Å²) in [7, 11) is 3.33. The molecule has 8 heteroatoms. The van der Waals surface area contributed by atoms with Crippen molar-refractivity contribution in [2.75, 3.05) is 25.0 Å². The average Bonchev–Trinajstić information content (AvgIpc) is 3.14. The number of aromatic carboxylic acids is 1. The van der Waals surface area contributed by atoms with Gasteiger partial charge in [0.1, 0.15) is 11.5 Å². The summed E-state index contributed by atoms with van der Waals surface area (Å²) in [5, 5.41) is 10.0. The van der Waals surface area contributed by atoms with Crippen LogP contribution in [-0.2, 0) is 7.05 Å². The first-order valence-electron chi connectivity index (χ1n) is 10.4. The lowest BCUT2D eigenvalue weighted by atomic mass is 9.88. The standard InChI is InChI=1S/C24H24FN3O4/c1-26(19-6-4-18(25)5-7-19)24(32)28-11-9-15(10-12-28)22(29)16-3-8-20-17(13-16)14-21(23(30)31)27(20)2/h3-8,13-15H,9-12H2,1-2H3,(H,30,31). The van der Waals surface area contributed by atoms with Gasteiger partial charge in [0.25, 0.3) is 0 Å². The fourth-order valence-electron chi connectivity index (χ4n) is 4.26. The molecule has 2 amide bonds. The van der Waals surface area contributed by atoms with Crippen LogP contribution in [0.3, 0.4) is 0 Å². The number of halogens is 1. The molecule has 1 aliphatic rings. The zero-order chi connectivity index (χ0) is 23.0.